The van der Waals surface area contributed by atoms with Gasteiger partial charge in [-0.05, 0) is 29.3 Å². The van der Waals surface area contributed by atoms with Crippen molar-refractivity contribution in [2.45, 2.75) is 11.5 Å². The number of hydrogen-bond donors (Lipinski definition) is 1. The van der Waals surface area contributed by atoms with Gasteiger partial charge in [0, 0.05) is 23.8 Å². The van der Waals surface area contributed by atoms with E-state index in [1.54, 1.807) is 23.9 Å². The van der Waals surface area contributed by atoms with Gasteiger partial charge in [0.15, 0.2) is 0 Å². The average Bonchev–Trinajstić information content (AvgIpc) is 2.63. The number of carbonyl (C=O) groups is 1. The first-order valence-corrected chi connectivity index (χ1v) is 10.1. The quantitative estimate of drug-likeness (QED) is 0.675. The van der Waals surface area contributed by atoms with Gasteiger partial charge in [-0.2, -0.15) is 17.0 Å². The zero-order chi connectivity index (χ0) is 17.9. The number of rotatable bonds is 9. The molecule has 0 aliphatic rings. The second-order valence-electron chi connectivity index (χ2n) is 5.29. The Hall–Kier alpha value is -1.97. The molecule has 0 unspecified atom stereocenters. The van der Waals surface area contributed by atoms with E-state index in [1.165, 1.54) is 23.9 Å². The summed E-state index contributed by atoms with van der Waals surface area (Å²) < 4.78 is 12.8. The van der Waals surface area contributed by atoms with Crippen LogP contribution < -0.4 is 5.32 Å². The summed E-state index contributed by atoms with van der Waals surface area (Å²) in [5, 5.41) is 11.9. The Kier molecular flexibility index (Phi) is 8.36. The van der Waals surface area contributed by atoms with Crippen LogP contribution in [0.15, 0.2) is 48.5 Å². The van der Waals surface area contributed by atoms with E-state index in [9.17, 15) is 9.18 Å². The molecule has 2 rings (SSSR count). The fraction of sp³-hybridized carbons (Fsp3) is 0.263. The fourth-order valence-corrected chi connectivity index (χ4v) is 3.77. The number of nitriles is 1. The van der Waals surface area contributed by atoms with Crippen molar-refractivity contribution in [1.82, 2.24) is 5.32 Å². The third-order valence-corrected chi connectivity index (χ3v) is 5.39. The molecular formula is C19H19FN2OS2. The molecule has 0 spiro atoms. The van der Waals surface area contributed by atoms with Crippen LogP contribution in [0, 0.1) is 17.1 Å². The number of amides is 1. The van der Waals surface area contributed by atoms with Crippen LogP contribution in [0.4, 0.5) is 4.39 Å². The number of nitrogens with one attached hydrogen (secondary N) is 1. The Morgan fingerprint density at radius 2 is 1.84 bits per heavy atom. The predicted octanol–water partition coefficient (Wildman–Crippen LogP) is 3.98. The lowest BCUT2D eigenvalue weighted by Crippen LogP contribution is -2.27. The molecule has 0 fully saturated rings. The van der Waals surface area contributed by atoms with Crippen molar-refractivity contribution < 1.29 is 9.18 Å². The maximum atomic E-state index is 12.8. The zero-order valence-corrected chi connectivity index (χ0v) is 15.3. The maximum absolute atomic E-state index is 12.8. The van der Waals surface area contributed by atoms with Gasteiger partial charge in [0.05, 0.1) is 17.4 Å². The molecular weight excluding hydrogens is 355 g/mol. The van der Waals surface area contributed by atoms with Gasteiger partial charge in [-0.3, -0.25) is 4.79 Å². The van der Waals surface area contributed by atoms with Crippen molar-refractivity contribution in [3.8, 4) is 6.07 Å². The molecule has 6 heteroatoms. The molecule has 0 heterocycles. The largest absolute Gasteiger partial charge is 0.355 e. The zero-order valence-electron chi connectivity index (χ0n) is 13.7. The highest BCUT2D eigenvalue weighted by atomic mass is 32.2. The average molecular weight is 375 g/mol. The molecule has 0 aliphatic carbocycles. The van der Waals surface area contributed by atoms with Crippen LogP contribution in [-0.4, -0.2) is 24.0 Å². The molecule has 0 atom stereocenters. The van der Waals surface area contributed by atoms with E-state index < -0.39 is 0 Å². The molecule has 2 aromatic rings. The first-order chi connectivity index (χ1) is 12.2. The van der Waals surface area contributed by atoms with Crippen molar-refractivity contribution in [2.24, 2.45) is 0 Å². The van der Waals surface area contributed by atoms with E-state index in [1.807, 2.05) is 24.3 Å². The highest BCUT2D eigenvalue weighted by Gasteiger charge is 2.03. The van der Waals surface area contributed by atoms with Crippen molar-refractivity contribution in [3.05, 3.63) is 71.0 Å². The summed E-state index contributed by atoms with van der Waals surface area (Å²) >= 11 is 3.20. The Labute approximate surface area is 156 Å². The predicted molar refractivity (Wildman–Crippen MR) is 103 cm³/mol. The van der Waals surface area contributed by atoms with Gasteiger partial charge < -0.3 is 5.32 Å². The molecule has 0 aromatic heterocycles. The highest BCUT2D eigenvalue weighted by molar-refractivity contribution is 7.99. The first kappa shape index (κ1) is 19.4. The van der Waals surface area contributed by atoms with Gasteiger partial charge in [-0.25, -0.2) is 4.39 Å². The SMILES string of the molecule is N#Cc1ccccc1CSCCNC(=O)CSCc1ccc(F)cc1. The van der Waals surface area contributed by atoms with E-state index in [0.717, 1.165) is 22.6 Å². The summed E-state index contributed by atoms with van der Waals surface area (Å²) in [6.07, 6.45) is 0. The lowest BCUT2D eigenvalue weighted by atomic mass is 10.1. The van der Waals surface area contributed by atoms with Crippen LogP contribution in [0.5, 0.6) is 0 Å². The molecule has 3 nitrogen and oxygen atoms in total. The van der Waals surface area contributed by atoms with E-state index in [2.05, 4.69) is 11.4 Å². The molecule has 2 aromatic carbocycles. The van der Waals surface area contributed by atoms with Crippen molar-refractivity contribution in [1.29, 1.82) is 5.26 Å². The fourth-order valence-electron chi connectivity index (χ4n) is 2.09. The Bertz CT molecular complexity index is 729. The normalized spacial score (nSPS) is 10.2. The smallest absolute Gasteiger partial charge is 0.230 e. The number of hydrogen-bond acceptors (Lipinski definition) is 4. The van der Waals surface area contributed by atoms with Gasteiger partial charge in [0.2, 0.25) is 5.91 Å². The van der Waals surface area contributed by atoms with Crippen LogP contribution in [0.2, 0.25) is 0 Å². The number of nitrogens with zero attached hydrogens (tertiary/aromatic N) is 1. The minimum absolute atomic E-state index is 0.00476. The first-order valence-electron chi connectivity index (χ1n) is 7.83. The van der Waals surface area contributed by atoms with E-state index in [-0.39, 0.29) is 11.7 Å². The van der Waals surface area contributed by atoms with E-state index in [0.29, 0.717) is 23.6 Å². The second kappa shape index (κ2) is 10.8. The summed E-state index contributed by atoms with van der Waals surface area (Å²) in [4.78, 5) is 11.8. The number of benzene rings is 2. The topological polar surface area (TPSA) is 52.9 Å². The van der Waals surface area contributed by atoms with Crippen molar-refractivity contribution in [3.63, 3.8) is 0 Å². The molecule has 0 bridgehead atoms. The lowest BCUT2D eigenvalue weighted by Gasteiger charge is -2.06. The molecule has 0 aliphatic heterocycles. The van der Waals surface area contributed by atoms with Gasteiger partial charge in [0.1, 0.15) is 5.82 Å². The summed E-state index contributed by atoms with van der Waals surface area (Å²) in [6.45, 7) is 0.606. The number of carbonyl (C=O) groups excluding carboxylic acids is 1. The van der Waals surface area contributed by atoms with E-state index in [4.69, 9.17) is 5.26 Å². The van der Waals surface area contributed by atoms with Crippen LogP contribution in [0.3, 0.4) is 0 Å². The van der Waals surface area contributed by atoms with Crippen LogP contribution in [-0.2, 0) is 16.3 Å². The third-order valence-electron chi connectivity index (χ3n) is 3.38. The van der Waals surface area contributed by atoms with Crippen molar-refractivity contribution >= 4 is 29.4 Å². The lowest BCUT2D eigenvalue weighted by molar-refractivity contribution is -0.118. The summed E-state index contributed by atoms with van der Waals surface area (Å²) in [5.74, 6) is 2.39. The Morgan fingerprint density at radius 3 is 2.60 bits per heavy atom. The van der Waals surface area contributed by atoms with E-state index >= 15 is 0 Å². The summed E-state index contributed by atoms with van der Waals surface area (Å²) in [7, 11) is 0. The maximum Gasteiger partial charge on any atom is 0.230 e. The molecule has 0 saturated heterocycles. The minimum atomic E-state index is -0.249. The minimum Gasteiger partial charge on any atom is -0.355 e. The summed E-state index contributed by atoms with van der Waals surface area (Å²) in [5.41, 5.74) is 2.73. The van der Waals surface area contributed by atoms with Gasteiger partial charge >= 0.3 is 0 Å². The Balaban J connectivity index is 1.56. The van der Waals surface area contributed by atoms with Crippen LogP contribution in [0.1, 0.15) is 16.7 Å². The third kappa shape index (κ3) is 7.20. The second-order valence-corrected chi connectivity index (χ2v) is 7.38. The molecule has 0 radical (unpaired) electrons. The molecule has 25 heavy (non-hydrogen) atoms. The Morgan fingerprint density at radius 1 is 1.08 bits per heavy atom. The van der Waals surface area contributed by atoms with Crippen molar-refractivity contribution in [2.75, 3.05) is 18.1 Å². The van der Waals surface area contributed by atoms with Gasteiger partial charge in [-0.15, -0.1) is 11.8 Å². The molecule has 1 amide bonds. The van der Waals surface area contributed by atoms with Gasteiger partial charge in [0.25, 0.3) is 0 Å². The van der Waals surface area contributed by atoms with Crippen LogP contribution >= 0.6 is 23.5 Å². The number of halogens is 1. The summed E-state index contributed by atoms with van der Waals surface area (Å²) in [6, 6.07) is 16.1. The van der Waals surface area contributed by atoms with Gasteiger partial charge in [-0.1, -0.05) is 30.3 Å². The standard InChI is InChI=1S/C19H19FN2OS2/c20-18-7-5-15(6-8-18)12-25-14-19(23)22-9-10-24-13-17-4-2-1-3-16(17)11-21/h1-8H,9-10,12-14H2,(H,22,23). The molecule has 130 valence electrons. The van der Waals surface area contributed by atoms with Crippen LogP contribution in [0.25, 0.3) is 0 Å². The molecule has 1 N–H and O–H groups in total. The molecule has 0 saturated carbocycles. The monoisotopic (exact) mass is 374 g/mol. The highest BCUT2D eigenvalue weighted by Crippen LogP contribution is 2.15. The number of thioether (sulfide) groups is 2.